The zero-order valence-corrected chi connectivity index (χ0v) is 17.9. The molecule has 0 aromatic carbocycles. The lowest BCUT2D eigenvalue weighted by Gasteiger charge is -2.62. The minimum atomic E-state index is -0.684. The maximum atomic E-state index is 11.2. The molecule has 4 fully saturated rings. The molecule has 3 N–H and O–H groups in total. The molecule has 4 nitrogen and oxygen atoms in total. The Morgan fingerprint density at radius 2 is 1.68 bits per heavy atom. The van der Waals surface area contributed by atoms with Gasteiger partial charge in [0.25, 0.3) is 0 Å². The zero-order chi connectivity index (χ0) is 20.3. The molecule has 10 atom stereocenters. The van der Waals surface area contributed by atoms with Gasteiger partial charge < -0.3 is 15.3 Å². The Kier molecular flexibility index (Phi) is 5.36. The van der Waals surface area contributed by atoms with Crippen LogP contribution >= 0.6 is 0 Å². The summed E-state index contributed by atoms with van der Waals surface area (Å²) in [4.78, 5) is 11.1. The Bertz CT molecular complexity index is 605. The summed E-state index contributed by atoms with van der Waals surface area (Å²) < 4.78 is 0. The summed E-state index contributed by atoms with van der Waals surface area (Å²) in [5.74, 6) is 2.36. The van der Waals surface area contributed by atoms with Crippen molar-refractivity contribution in [3.05, 3.63) is 0 Å². The minimum Gasteiger partial charge on any atom is -0.481 e. The minimum absolute atomic E-state index is 0.179. The maximum Gasteiger partial charge on any atom is 0.303 e. The smallest absolute Gasteiger partial charge is 0.303 e. The SMILES string of the molecule is C[C@H](CCC(=O)O)[C@H]1CC[C@@H]2C3C(O)CC4C[C@@H](O)CC[C@]4(C)C3CC[C@@]21C. The van der Waals surface area contributed by atoms with Crippen molar-refractivity contribution < 1.29 is 20.1 Å². The summed E-state index contributed by atoms with van der Waals surface area (Å²) in [7, 11) is 0. The van der Waals surface area contributed by atoms with Crippen molar-refractivity contribution >= 4 is 5.97 Å². The van der Waals surface area contributed by atoms with Crippen LogP contribution in [0.1, 0.15) is 85.0 Å². The summed E-state index contributed by atoms with van der Waals surface area (Å²) in [6, 6.07) is 0. The van der Waals surface area contributed by atoms with Crippen LogP contribution in [0.15, 0.2) is 0 Å². The number of carboxylic acids is 1. The van der Waals surface area contributed by atoms with E-state index in [1.54, 1.807) is 0 Å². The molecule has 4 rings (SSSR count). The Balaban J connectivity index is 1.55. The lowest BCUT2D eigenvalue weighted by molar-refractivity contribution is -0.174. The van der Waals surface area contributed by atoms with Crippen molar-refractivity contribution in [2.24, 2.45) is 46.3 Å². The molecule has 0 aliphatic heterocycles. The number of aliphatic hydroxyl groups is 2. The van der Waals surface area contributed by atoms with Crippen molar-refractivity contribution in [2.45, 2.75) is 97.2 Å². The monoisotopic (exact) mass is 392 g/mol. The van der Waals surface area contributed by atoms with Gasteiger partial charge in [0.2, 0.25) is 0 Å². The van der Waals surface area contributed by atoms with Crippen LogP contribution in [0, 0.1) is 46.3 Å². The summed E-state index contributed by atoms with van der Waals surface area (Å²) in [5, 5.41) is 30.5. The number of aliphatic carboxylic acids is 1. The van der Waals surface area contributed by atoms with E-state index in [-0.39, 0.29) is 29.5 Å². The first-order valence-corrected chi connectivity index (χ1v) is 11.7. The van der Waals surface area contributed by atoms with Gasteiger partial charge in [0.15, 0.2) is 0 Å². The maximum absolute atomic E-state index is 11.2. The van der Waals surface area contributed by atoms with Crippen LogP contribution in [0.3, 0.4) is 0 Å². The molecule has 4 saturated carbocycles. The van der Waals surface area contributed by atoms with E-state index in [2.05, 4.69) is 20.8 Å². The molecule has 0 aromatic rings. The third-order valence-corrected chi connectivity index (χ3v) is 10.2. The second-order valence-corrected chi connectivity index (χ2v) is 11.4. The van der Waals surface area contributed by atoms with E-state index in [0.717, 1.165) is 32.1 Å². The summed E-state index contributed by atoms with van der Waals surface area (Å²) in [6.45, 7) is 7.16. The van der Waals surface area contributed by atoms with Gasteiger partial charge in [-0.3, -0.25) is 4.79 Å². The van der Waals surface area contributed by atoms with Gasteiger partial charge in [-0.1, -0.05) is 20.8 Å². The molecule has 4 aliphatic carbocycles. The van der Waals surface area contributed by atoms with Gasteiger partial charge in [0.05, 0.1) is 12.2 Å². The predicted molar refractivity (Wildman–Crippen MR) is 109 cm³/mol. The molecular formula is C24H40O4. The Hall–Kier alpha value is -0.610. The number of carbonyl (C=O) groups is 1. The molecule has 0 saturated heterocycles. The van der Waals surface area contributed by atoms with E-state index in [9.17, 15) is 15.0 Å². The van der Waals surface area contributed by atoms with Crippen molar-refractivity contribution in [1.82, 2.24) is 0 Å². The predicted octanol–water partition coefficient (Wildman–Crippen LogP) is 4.48. The number of fused-ring (bicyclic) bond motifs is 5. The van der Waals surface area contributed by atoms with Gasteiger partial charge in [0, 0.05) is 6.42 Å². The Morgan fingerprint density at radius 3 is 2.39 bits per heavy atom. The molecule has 160 valence electrons. The lowest BCUT2D eigenvalue weighted by atomic mass is 9.43. The number of carboxylic acid groups (broad SMARTS) is 1. The quantitative estimate of drug-likeness (QED) is 0.659. The highest BCUT2D eigenvalue weighted by atomic mass is 16.4. The molecule has 0 amide bonds. The normalized spacial score (nSPS) is 51.7. The van der Waals surface area contributed by atoms with Crippen LogP contribution in [0.2, 0.25) is 0 Å². The van der Waals surface area contributed by atoms with Crippen LogP contribution in [0.25, 0.3) is 0 Å². The molecule has 0 radical (unpaired) electrons. The van der Waals surface area contributed by atoms with Gasteiger partial charge in [-0.15, -0.1) is 0 Å². The van der Waals surface area contributed by atoms with Crippen LogP contribution in [0.4, 0.5) is 0 Å². The molecule has 4 heteroatoms. The number of rotatable bonds is 4. The molecular weight excluding hydrogens is 352 g/mol. The van der Waals surface area contributed by atoms with Crippen LogP contribution in [0.5, 0.6) is 0 Å². The molecule has 28 heavy (non-hydrogen) atoms. The van der Waals surface area contributed by atoms with Crippen molar-refractivity contribution in [3.63, 3.8) is 0 Å². The fourth-order valence-corrected chi connectivity index (χ4v) is 8.73. The highest BCUT2D eigenvalue weighted by Gasteiger charge is 2.62. The number of hydrogen-bond donors (Lipinski definition) is 3. The number of hydrogen-bond acceptors (Lipinski definition) is 3. The van der Waals surface area contributed by atoms with Crippen LogP contribution < -0.4 is 0 Å². The molecule has 4 unspecified atom stereocenters. The van der Waals surface area contributed by atoms with E-state index in [1.807, 2.05) is 0 Å². The first-order chi connectivity index (χ1) is 13.2. The van der Waals surface area contributed by atoms with Crippen molar-refractivity contribution in [1.29, 1.82) is 0 Å². The summed E-state index contributed by atoms with van der Waals surface area (Å²) in [5.41, 5.74) is 0.523. The van der Waals surface area contributed by atoms with E-state index < -0.39 is 5.97 Å². The fraction of sp³-hybridized carbons (Fsp3) is 0.958. The van der Waals surface area contributed by atoms with E-state index >= 15 is 0 Å². The highest BCUT2D eigenvalue weighted by molar-refractivity contribution is 5.66. The first kappa shape index (κ1) is 20.7. The average molecular weight is 393 g/mol. The third-order valence-electron chi connectivity index (χ3n) is 10.2. The topological polar surface area (TPSA) is 77.8 Å². The molecule has 0 spiro atoms. The highest BCUT2D eigenvalue weighted by Crippen LogP contribution is 2.68. The standard InChI is InChI=1S/C24H40O4/c1-14(4-7-21(27)28)17-5-6-18-22-19(9-11-24(17,18)3)23(2)10-8-16(25)12-15(23)13-20(22)26/h14-20,22,25-26H,4-13H2,1-3H3,(H,27,28)/t14-,15?,16+,17-,18-,19?,20?,22?,23+,24-/m1/s1. The van der Waals surface area contributed by atoms with Gasteiger partial charge in [-0.25, -0.2) is 0 Å². The second-order valence-electron chi connectivity index (χ2n) is 11.4. The van der Waals surface area contributed by atoms with Crippen LogP contribution in [-0.2, 0) is 4.79 Å². The zero-order valence-electron chi connectivity index (χ0n) is 17.9. The van der Waals surface area contributed by atoms with E-state index in [1.165, 1.54) is 25.7 Å². The fourth-order valence-electron chi connectivity index (χ4n) is 8.73. The second kappa shape index (κ2) is 7.27. The molecule has 0 bridgehead atoms. The molecule has 4 aliphatic rings. The lowest BCUT2D eigenvalue weighted by Crippen LogP contribution is -2.58. The first-order valence-electron chi connectivity index (χ1n) is 11.7. The Morgan fingerprint density at radius 1 is 1.00 bits per heavy atom. The number of aliphatic hydroxyl groups excluding tert-OH is 2. The van der Waals surface area contributed by atoms with Crippen LogP contribution in [-0.4, -0.2) is 33.5 Å². The Labute approximate surface area is 170 Å². The average Bonchev–Trinajstić information content (AvgIpc) is 2.98. The van der Waals surface area contributed by atoms with Gasteiger partial charge in [-0.2, -0.15) is 0 Å². The largest absolute Gasteiger partial charge is 0.481 e. The van der Waals surface area contributed by atoms with Gasteiger partial charge >= 0.3 is 5.97 Å². The van der Waals surface area contributed by atoms with E-state index in [0.29, 0.717) is 35.5 Å². The van der Waals surface area contributed by atoms with Crippen molar-refractivity contribution in [3.8, 4) is 0 Å². The summed E-state index contributed by atoms with van der Waals surface area (Å²) >= 11 is 0. The summed E-state index contributed by atoms with van der Waals surface area (Å²) in [6.07, 6.45) is 9.19. The third kappa shape index (κ3) is 3.14. The van der Waals surface area contributed by atoms with E-state index in [4.69, 9.17) is 5.11 Å². The van der Waals surface area contributed by atoms with Gasteiger partial charge in [-0.05, 0) is 104 Å². The molecule has 0 aromatic heterocycles. The van der Waals surface area contributed by atoms with Gasteiger partial charge in [0.1, 0.15) is 0 Å². The van der Waals surface area contributed by atoms with Crippen molar-refractivity contribution in [2.75, 3.05) is 0 Å². The molecule has 0 heterocycles.